The number of piperidine rings is 1. The van der Waals surface area contributed by atoms with Crippen molar-refractivity contribution in [2.24, 2.45) is 11.3 Å². The number of thiazole rings is 1. The first-order valence-electron chi connectivity index (χ1n) is 8.60. The average Bonchev–Trinajstić information content (AvgIpc) is 3.10. The van der Waals surface area contributed by atoms with Gasteiger partial charge in [-0.05, 0) is 49.9 Å². The SMILES string of the molecule is O=C(NCCc1nc(-c2ccncc2)cs1)C1CC12CCNCC2. The first-order chi connectivity index (χ1) is 11.8. The molecule has 1 amide bonds. The lowest BCUT2D eigenvalue weighted by Gasteiger charge is -2.23. The fraction of sp³-hybridized carbons (Fsp3) is 0.500. The number of nitrogens with one attached hydrogen (secondary N) is 2. The van der Waals surface area contributed by atoms with Crippen molar-refractivity contribution in [2.45, 2.75) is 25.7 Å². The smallest absolute Gasteiger partial charge is 0.223 e. The predicted molar refractivity (Wildman–Crippen MR) is 94.7 cm³/mol. The van der Waals surface area contributed by atoms with E-state index in [0.29, 0.717) is 12.0 Å². The second-order valence-corrected chi connectivity index (χ2v) is 7.72. The van der Waals surface area contributed by atoms with Gasteiger partial charge in [0.15, 0.2) is 0 Å². The van der Waals surface area contributed by atoms with Crippen LogP contribution < -0.4 is 10.6 Å². The summed E-state index contributed by atoms with van der Waals surface area (Å²) in [6.07, 6.45) is 7.72. The van der Waals surface area contributed by atoms with E-state index in [1.807, 2.05) is 12.1 Å². The summed E-state index contributed by atoms with van der Waals surface area (Å²) in [6, 6.07) is 3.93. The van der Waals surface area contributed by atoms with Gasteiger partial charge in [-0.2, -0.15) is 0 Å². The minimum atomic E-state index is 0.239. The number of rotatable bonds is 5. The van der Waals surface area contributed by atoms with Gasteiger partial charge in [-0.25, -0.2) is 4.98 Å². The molecule has 6 heteroatoms. The summed E-state index contributed by atoms with van der Waals surface area (Å²) in [6.45, 7) is 2.79. The zero-order valence-corrected chi connectivity index (χ0v) is 14.4. The molecule has 24 heavy (non-hydrogen) atoms. The van der Waals surface area contributed by atoms with E-state index in [2.05, 4.69) is 26.0 Å². The van der Waals surface area contributed by atoms with E-state index in [1.54, 1.807) is 23.7 Å². The van der Waals surface area contributed by atoms with Gasteiger partial charge < -0.3 is 10.6 Å². The topological polar surface area (TPSA) is 66.9 Å². The zero-order chi connectivity index (χ0) is 16.4. The van der Waals surface area contributed by atoms with Gasteiger partial charge in [0.05, 0.1) is 10.7 Å². The molecule has 1 aliphatic carbocycles. The van der Waals surface area contributed by atoms with Crippen molar-refractivity contribution in [1.82, 2.24) is 20.6 Å². The Bertz CT molecular complexity index is 709. The fourth-order valence-electron chi connectivity index (χ4n) is 3.69. The summed E-state index contributed by atoms with van der Waals surface area (Å²) in [5.74, 6) is 0.478. The van der Waals surface area contributed by atoms with Gasteiger partial charge in [0.2, 0.25) is 5.91 Å². The van der Waals surface area contributed by atoms with Crippen molar-refractivity contribution in [2.75, 3.05) is 19.6 Å². The molecular weight excluding hydrogens is 320 g/mol. The molecular formula is C18H22N4OS. The van der Waals surface area contributed by atoms with E-state index in [4.69, 9.17) is 0 Å². The van der Waals surface area contributed by atoms with Crippen molar-refractivity contribution in [3.8, 4) is 11.3 Å². The van der Waals surface area contributed by atoms with Gasteiger partial charge in [-0.1, -0.05) is 0 Å². The summed E-state index contributed by atoms with van der Waals surface area (Å²) < 4.78 is 0. The van der Waals surface area contributed by atoms with Crippen molar-refractivity contribution < 1.29 is 4.79 Å². The summed E-state index contributed by atoms with van der Waals surface area (Å²) in [5, 5.41) is 9.62. The number of hydrogen-bond acceptors (Lipinski definition) is 5. The third kappa shape index (κ3) is 3.21. The van der Waals surface area contributed by atoms with E-state index < -0.39 is 0 Å². The fourth-order valence-corrected chi connectivity index (χ4v) is 4.50. The van der Waals surface area contributed by atoms with Crippen LogP contribution in [0.3, 0.4) is 0 Å². The van der Waals surface area contributed by atoms with Gasteiger partial charge in [0.1, 0.15) is 0 Å². The van der Waals surface area contributed by atoms with E-state index in [0.717, 1.165) is 55.0 Å². The lowest BCUT2D eigenvalue weighted by Crippen LogP contribution is -2.34. The lowest BCUT2D eigenvalue weighted by atomic mass is 9.92. The number of pyridine rings is 1. The molecule has 2 aromatic rings. The molecule has 3 heterocycles. The van der Waals surface area contributed by atoms with Crippen LogP contribution >= 0.6 is 11.3 Å². The minimum absolute atomic E-state index is 0.239. The normalized spacial score (nSPS) is 21.6. The Labute approximate surface area is 145 Å². The molecule has 1 spiro atoms. The molecule has 1 saturated heterocycles. The van der Waals surface area contributed by atoms with Crippen LogP contribution in [0.5, 0.6) is 0 Å². The number of carbonyl (C=O) groups is 1. The predicted octanol–water partition coefficient (Wildman–Crippen LogP) is 2.25. The van der Waals surface area contributed by atoms with Crippen LogP contribution in [0.2, 0.25) is 0 Å². The van der Waals surface area contributed by atoms with Crippen LogP contribution in [0, 0.1) is 11.3 Å². The van der Waals surface area contributed by atoms with E-state index in [-0.39, 0.29) is 11.8 Å². The summed E-state index contributed by atoms with van der Waals surface area (Å²) >= 11 is 1.65. The van der Waals surface area contributed by atoms with Crippen molar-refractivity contribution in [3.05, 3.63) is 34.9 Å². The Morgan fingerprint density at radius 3 is 2.92 bits per heavy atom. The first kappa shape index (κ1) is 15.7. The van der Waals surface area contributed by atoms with E-state index >= 15 is 0 Å². The van der Waals surface area contributed by atoms with Crippen LogP contribution in [0.1, 0.15) is 24.3 Å². The maximum Gasteiger partial charge on any atom is 0.223 e. The molecule has 4 rings (SSSR count). The van der Waals surface area contributed by atoms with Crippen LogP contribution in [-0.2, 0) is 11.2 Å². The second kappa shape index (κ2) is 6.61. The molecule has 1 aliphatic heterocycles. The largest absolute Gasteiger partial charge is 0.355 e. The monoisotopic (exact) mass is 342 g/mol. The molecule has 2 fully saturated rings. The average molecular weight is 342 g/mol. The minimum Gasteiger partial charge on any atom is -0.355 e. The zero-order valence-electron chi connectivity index (χ0n) is 13.6. The Morgan fingerprint density at radius 2 is 2.12 bits per heavy atom. The second-order valence-electron chi connectivity index (χ2n) is 6.77. The van der Waals surface area contributed by atoms with Crippen molar-refractivity contribution >= 4 is 17.2 Å². The molecule has 0 bridgehead atoms. The molecule has 5 nitrogen and oxygen atoms in total. The van der Waals surface area contributed by atoms with Crippen LogP contribution in [-0.4, -0.2) is 35.5 Å². The Morgan fingerprint density at radius 1 is 1.33 bits per heavy atom. The third-order valence-electron chi connectivity index (χ3n) is 5.27. The number of amides is 1. The molecule has 2 N–H and O–H groups in total. The molecule has 2 aliphatic rings. The maximum atomic E-state index is 12.3. The van der Waals surface area contributed by atoms with Crippen LogP contribution in [0.4, 0.5) is 0 Å². The van der Waals surface area contributed by atoms with Gasteiger partial charge in [0.25, 0.3) is 0 Å². The number of hydrogen-bond donors (Lipinski definition) is 2. The van der Waals surface area contributed by atoms with Gasteiger partial charge in [-0.15, -0.1) is 11.3 Å². The number of aromatic nitrogens is 2. The van der Waals surface area contributed by atoms with Gasteiger partial charge in [0, 0.05) is 42.2 Å². The van der Waals surface area contributed by atoms with Gasteiger partial charge >= 0.3 is 0 Å². The highest BCUT2D eigenvalue weighted by molar-refractivity contribution is 7.09. The van der Waals surface area contributed by atoms with Crippen LogP contribution in [0.15, 0.2) is 29.9 Å². The maximum absolute atomic E-state index is 12.3. The lowest BCUT2D eigenvalue weighted by molar-refractivity contribution is -0.123. The highest BCUT2D eigenvalue weighted by Gasteiger charge is 2.57. The van der Waals surface area contributed by atoms with E-state index in [9.17, 15) is 4.79 Å². The Kier molecular flexibility index (Phi) is 4.33. The molecule has 0 radical (unpaired) electrons. The van der Waals surface area contributed by atoms with Crippen molar-refractivity contribution in [1.29, 1.82) is 0 Å². The standard InChI is InChI=1S/C18H22N4OS/c23-17(14-11-18(14)4-9-20-10-5-18)21-8-3-16-22-15(12-24-16)13-1-6-19-7-2-13/h1-2,6-7,12,14,20H,3-5,8-11H2,(H,21,23). The Balaban J connectivity index is 1.26. The Hall–Kier alpha value is -1.79. The molecule has 1 unspecified atom stereocenters. The van der Waals surface area contributed by atoms with Crippen LogP contribution in [0.25, 0.3) is 11.3 Å². The molecule has 1 saturated carbocycles. The first-order valence-corrected chi connectivity index (χ1v) is 9.48. The summed E-state index contributed by atoms with van der Waals surface area (Å²) in [7, 11) is 0. The molecule has 2 aromatic heterocycles. The van der Waals surface area contributed by atoms with E-state index in [1.165, 1.54) is 0 Å². The van der Waals surface area contributed by atoms with Crippen molar-refractivity contribution in [3.63, 3.8) is 0 Å². The quantitative estimate of drug-likeness (QED) is 0.875. The molecule has 126 valence electrons. The molecule has 0 aromatic carbocycles. The summed E-state index contributed by atoms with van der Waals surface area (Å²) in [5.41, 5.74) is 2.38. The molecule has 1 atom stereocenters. The highest BCUT2D eigenvalue weighted by Crippen LogP contribution is 2.58. The third-order valence-corrected chi connectivity index (χ3v) is 6.18. The van der Waals surface area contributed by atoms with Gasteiger partial charge in [-0.3, -0.25) is 9.78 Å². The highest BCUT2D eigenvalue weighted by atomic mass is 32.1. The summed E-state index contributed by atoms with van der Waals surface area (Å²) in [4.78, 5) is 21.0. The number of carbonyl (C=O) groups excluding carboxylic acids is 1. The number of nitrogens with zero attached hydrogens (tertiary/aromatic N) is 2.